The van der Waals surface area contributed by atoms with Crippen LogP contribution in [0.25, 0.3) is 0 Å². The van der Waals surface area contributed by atoms with Crippen molar-refractivity contribution in [3.8, 4) is 0 Å². The van der Waals surface area contributed by atoms with E-state index in [0.717, 1.165) is 0 Å². The number of rotatable bonds is 4. The van der Waals surface area contributed by atoms with Crippen molar-refractivity contribution in [3.05, 3.63) is 12.2 Å². The molecule has 11 heavy (non-hydrogen) atoms. The van der Waals surface area contributed by atoms with E-state index in [-0.39, 0.29) is 12.2 Å². The molecule has 0 fully saturated rings. The molecule has 0 heterocycles. The molecule has 0 saturated heterocycles. The van der Waals surface area contributed by atoms with Crippen LogP contribution in [0.15, 0.2) is 12.2 Å². The summed E-state index contributed by atoms with van der Waals surface area (Å²) in [5, 5.41) is 8.53. The van der Waals surface area contributed by atoms with E-state index in [1.165, 1.54) is 0 Å². The van der Waals surface area contributed by atoms with Crippen LogP contribution in [0.2, 0.25) is 0 Å². The summed E-state index contributed by atoms with van der Waals surface area (Å²) in [6.07, 6.45) is 3.70. The van der Waals surface area contributed by atoms with E-state index >= 15 is 0 Å². The Morgan fingerprint density at radius 3 is 2.45 bits per heavy atom. The van der Waals surface area contributed by atoms with E-state index in [1.54, 1.807) is 13.2 Å². The quantitative estimate of drug-likeness (QED) is 0.630. The number of ether oxygens (including phenoxy) is 1. The summed E-state index contributed by atoms with van der Waals surface area (Å²) in [5.74, 6) is 0.319. The summed E-state index contributed by atoms with van der Waals surface area (Å²) < 4.78 is 5.26. The molecule has 0 aliphatic carbocycles. The Labute approximate surface area is 68.9 Å². The summed E-state index contributed by atoms with van der Waals surface area (Å²) >= 11 is 0. The second-order valence-electron chi connectivity index (χ2n) is 3.21. The highest BCUT2D eigenvalue weighted by Gasteiger charge is 2.22. The summed E-state index contributed by atoms with van der Waals surface area (Å²) in [4.78, 5) is 0. The average molecular weight is 158 g/mol. The summed E-state index contributed by atoms with van der Waals surface area (Å²) in [6.45, 7) is 6.22. The number of hydrogen-bond donors (Lipinski definition) is 1. The molecule has 1 N–H and O–H groups in total. The largest absolute Gasteiger partial charge is 0.392 e. The van der Waals surface area contributed by atoms with Crippen LogP contribution in [-0.2, 0) is 4.74 Å². The first-order valence-corrected chi connectivity index (χ1v) is 3.87. The lowest BCUT2D eigenvalue weighted by Crippen LogP contribution is -2.30. The molecular weight excluding hydrogens is 140 g/mol. The Hall–Kier alpha value is -0.340. The normalized spacial score (nSPS) is 15.7. The predicted octanol–water partition coefficient (Wildman–Crippen LogP) is 1.60. The monoisotopic (exact) mass is 158 g/mol. The van der Waals surface area contributed by atoms with Crippen LogP contribution in [-0.4, -0.2) is 24.4 Å². The van der Waals surface area contributed by atoms with E-state index < -0.39 is 0 Å². The van der Waals surface area contributed by atoms with Gasteiger partial charge in [0.2, 0.25) is 0 Å². The van der Waals surface area contributed by atoms with Crippen LogP contribution < -0.4 is 0 Å². The lowest BCUT2D eigenvalue weighted by atomic mass is 9.92. The smallest absolute Gasteiger partial charge is 0.0682 e. The van der Waals surface area contributed by atoms with Crippen molar-refractivity contribution in [3.63, 3.8) is 0 Å². The summed E-state index contributed by atoms with van der Waals surface area (Å²) in [5.41, 5.74) is -0.147. The molecule has 0 aromatic rings. The molecule has 0 rings (SSSR count). The van der Waals surface area contributed by atoms with Gasteiger partial charge in [0, 0.05) is 13.0 Å². The van der Waals surface area contributed by atoms with Crippen LogP contribution in [0.3, 0.4) is 0 Å². The first-order chi connectivity index (χ1) is 5.04. The third-order valence-electron chi connectivity index (χ3n) is 2.15. The third-order valence-corrected chi connectivity index (χ3v) is 2.15. The van der Waals surface area contributed by atoms with E-state index in [4.69, 9.17) is 9.84 Å². The standard InChI is InChI=1S/C9H18O2/c1-8(6-5-7-10)9(2,3)11-4/h5-6,8,10H,7H2,1-4H3. The molecule has 66 valence electrons. The van der Waals surface area contributed by atoms with Gasteiger partial charge in [0.25, 0.3) is 0 Å². The molecule has 2 nitrogen and oxygen atoms in total. The van der Waals surface area contributed by atoms with Gasteiger partial charge in [-0.05, 0) is 13.8 Å². The van der Waals surface area contributed by atoms with Gasteiger partial charge in [-0.1, -0.05) is 19.1 Å². The zero-order valence-electron chi connectivity index (χ0n) is 7.79. The molecule has 2 heteroatoms. The van der Waals surface area contributed by atoms with Crippen LogP contribution in [0.5, 0.6) is 0 Å². The van der Waals surface area contributed by atoms with Crippen molar-refractivity contribution in [1.82, 2.24) is 0 Å². The van der Waals surface area contributed by atoms with Gasteiger partial charge in [0.15, 0.2) is 0 Å². The van der Waals surface area contributed by atoms with E-state index in [2.05, 4.69) is 6.92 Å². The first kappa shape index (κ1) is 10.7. The Morgan fingerprint density at radius 1 is 1.55 bits per heavy atom. The third kappa shape index (κ3) is 3.54. The minimum absolute atomic E-state index is 0.101. The molecule has 0 aliphatic rings. The lowest BCUT2D eigenvalue weighted by Gasteiger charge is -2.27. The fourth-order valence-electron chi connectivity index (χ4n) is 0.683. The maximum Gasteiger partial charge on any atom is 0.0682 e. The fourth-order valence-corrected chi connectivity index (χ4v) is 0.683. The Bertz CT molecular complexity index is 128. The van der Waals surface area contributed by atoms with Crippen molar-refractivity contribution in [2.75, 3.05) is 13.7 Å². The van der Waals surface area contributed by atoms with E-state index in [1.807, 2.05) is 19.9 Å². The number of aliphatic hydroxyl groups is 1. The van der Waals surface area contributed by atoms with E-state index in [9.17, 15) is 0 Å². The Morgan fingerprint density at radius 2 is 2.09 bits per heavy atom. The summed E-state index contributed by atoms with van der Waals surface area (Å²) in [6, 6.07) is 0. The maximum atomic E-state index is 8.53. The molecule has 0 bridgehead atoms. The second-order valence-corrected chi connectivity index (χ2v) is 3.21. The zero-order chi connectivity index (χ0) is 8.91. The van der Waals surface area contributed by atoms with Crippen molar-refractivity contribution in [2.45, 2.75) is 26.4 Å². The molecular formula is C9H18O2. The van der Waals surface area contributed by atoms with Crippen LogP contribution in [0.4, 0.5) is 0 Å². The highest BCUT2D eigenvalue weighted by molar-refractivity contribution is 4.94. The van der Waals surface area contributed by atoms with Gasteiger partial charge in [-0.2, -0.15) is 0 Å². The van der Waals surface area contributed by atoms with Crippen molar-refractivity contribution < 1.29 is 9.84 Å². The SMILES string of the molecule is COC(C)(C)C(C)C=CCO. The Kier molecular flexibility index (Phi) is 4.38. The number of methoxy groups -OCH3 is 1. The second kappa shape index (κ2) is 4.52. The first-order valence-electron chi connectivity index (χ1n) is 3.87. The van der Waals surface area contributed by atoms with Gasteiger partial charge < -0.3 is 9.84 Å². The number of hydrogen-bond acceptors (Lipinski definition) is 2. The van der Waals surface area contributed by atoms with Crippen LogP contribution in [0.1, 0.15) is 20.8 Å². The van der Waals surface area contributed by atoms with Crippen molar-refractivity contribution in [1.29, 1.82) is 0 Å². The van der Waals surface area contributed by atoms with Gasteiger partial charge in [-0.25, -0.2) is 0 Å². The topological polar surface area (TPSA) is 29.5 Å². The van der Waals surface area contributed by atoms with Gasteiger partial charge in [0.1, 0.15) is 0 Å². The average Bonchev–Trinajstić information content (AvgIpc) is 2.00. The molecule has 0 aromatic carbocycles. The van der Waals surface area contributed by atoms with Gasteiger partial charge >= 0.3 is 0 Å². The Balaban J connectivity index is 4.00. The van der Waals surface area contributed by atoms with Crippen LogP contribution in [0, 0.1) is 5.92 Å². The molecule has 1 unspecified atom stereocenters. The molecule has 0 radical (unpaired) electrons. The summed E-state index contributed by atoms with van der Waals surface area (Å²) in [7, 11) is 1.70. The van der Waals surface area contributed by atoms with Crippen LogP contribution >= 0.6 is 0 Å². The highest BCUT2D eigenvalue weighted by Crippen LogP contribution is 2.20. The molecule has 0 spiro atoms. The van der Waals surface area contributed by atoms with Gasteiger partial charge in [0.05, 0.1) is 12.2 Å². The minimum Gasteiger partial charge on any atom is -0.392 e. The lowest BCUT2D eigenvalue weighted by molar-refractivity contribution is -0.00670. The zero-order valence-corrected chi connectivity index (χ0v) is 7.79. The maximum absolute atomic E-state index is 8.53. The molecule has 1 atom stereocenters. The molecule has 0 aliphatic heterocycles. The highest BCUT2D eigenvalue weighted by atomic mass is 16.5. The van der Waals surface area contributed by atoms with Crippen molar-refractivity contribution in [2.24, 2.45) is 5.92 Å². The predicted molar refractivity (Wildman–Crippen MR) is 46.5 cm³/mol. The van der Waals surface area contributed by atoms with Gasteiger partial charge in [-0.3, -0.25) is 0 Å². The molecule has 0 amide bonds. The minimum atomic E-state index is -0.147. The number of aliphatic hydroxyl groups excluding tert-OH is 1. The van der Waals surface area contributed by atoms with E-state index in [0.29, 0.717) is 5.92 Å². The van der Waals surface area contributed by atoms with Crippen molar-refractivity contribution >= 4 is 0 Å². The molecule has 0 saturated carbocycles. The van der Waals surface area contributed by atoms with Gasteiger partial charge in [-0.15, -0.1) is 0 Å². The molecule has 0 aromatic heterocycles. The fraction of sp³-hybridized carbons (Fsp3) is 0.778.